The number of aliphatic hydroxyl groups is 2. The fraction of sp³-hybridized carbons (Fsp3) is 0.308. The number of nitrogens with one attached hydrogen (secondary N) is 1. The maximum absolute atomic E-state index is 9.36. The first-order valence-corrected chi connectivity index (χ1v) is 6.49. The molecule has 0 saturated carbocycles. The lowest BCUT2D eigenvalue weighted by Crippen LogP contribution is -2.29. The summed E-state index contributed by atoms with van der Waals surface area (Å²) in [5.41, 5.74) is 13.1. The van der Waals surface area contributed by atoms with Gasteiger partial charge in [-0.15, -0.1) is 0 Å². The Bertz CT molecular complexity index is 655. The molecule has 118 valence electrons. The smallest absolute Gasteiger partial charge is 0.169 e. The van der Waals surface area contributed by atoms with E-state index in [1.54, 1.807) is 6.07 Å². The van der Waals surface area contributed by atoms with Gasteiger partial charge in [0.15, 0.2) is 5.84 Å². The van der Waals surface area contributed by atoms with Crippen LogP contribution in [0.4, 0.5) is 17.1 Å². The fourth-order valence-electron chi connectivity index (χ4n) is 1.98. The summed E-state index contributed by atoms with van der Waals surface area (Å²) in [6.07, 6.45) is 0. The van der Waals surface area contributed by atoms with Crippen LogP contribution >= 0.6 is 0 Å². The molecular weight excluding hydrogens is 288 g/mol. The monoisotopic (exact) mass is 306 g/mol. The van der Waals surface area contributed by atoms with Gasteiger partial charge in [0.2, 0.25) is 0 Å². The number of amidine groups is 1. The predicted molar refractivity (Wildman–Crippen MR) is 85.0 cm³/mol. The number of rotatable bonds is 5. The summed E-state index contributed by atoms with van der Waals surface area (Å²) in [4.78, 5) is 4.29. The van der Waals surface area contributed by atoms with E-state index in [4.69, 9.17) is 26.7 Å². The standard InChI is InChI=1S/C13H18N6O3/c1-22-11-5-9(7(14)4-8(11)15)17-12-10(6-21)18-19(2-3-20)13(12)16/h4-5,16,20-21H,2-3,6,14-15H2,1H3. The number of aliphatic imine (C=N–C) groups is 1. The number of aliphatic hydroxyl groups excluding tert-OH is 2. The molecular formula is C13H18N6O3. The lowest BCUT2D eigenvalue weighted by molar-refractivity contribution is 0.254. The van der Waals surface area contributed by atoms with Gasteiger partial charge in [0.25, 0.3) is 0 Å². The summed E-state index contributed by atoms with van der Waals surface area (Å²) < 4.78 is 5.12. The van der Waals surface area contributed by atoms with Gasteiger partial charge in [0.1, 0.15) is 17.2 Å². The van der Waals surface area contributed by atoms with Crippen molar-refractivity contribution in [2.75, 3.05) is 38.3 Å². The highest BCUT2D eigenvalue weighted by molar-refractivity contribution is 6.70. The van der Waals surface area contributed by atoms with Gasteiger partial charge in [0, 0.05) is 6.07 Å². The number of benzene rings is 1. The zero-order valence-corrected chi connectivity index (χ0v) is 12.1. The quantitative estimate of drug-likeness (QED) is 0.465. The molecule has 1 aliphatic heterocycles. The highest BCUT2D eigenvalue weighted by Crippen LogP contribution is 2.33. The maximum Gasteiger partial charge on any atom is 0.169 e. The maximum atomic E-state index is 9.36. The van der Waals surface area contributed by atoms with Crippen molar-refractivity contribution in [1.82, 2.24) is 5.01 Å². The summed E-state index contributed by atoms with van der Waals surface area (Å²) >= 11 is 0. The first-order chi connectivity index (χ1) is 10.5. The van der Waals surface area contributed by atoms with Crippen molar-refractivity contribution in [2.45, 2.75) is 0 Å². The summed E-state index contributed by atoms with van der Waals surface area (Å²) in [7, 11) is 1.47. The Labute approximate surface area is 127 Å². The number of methoxy groups -OCH3 is 1. The molecule has 9 heteroatoms. The van der Waals surface area contributed by atoms with Crippen LogP contribution in [-0.2, 0) is 0 Å². The van der Waals surface area contributed by atoms with Crippen molar-refractivity contribution in [3.63, 3.8) is 0 Å². The molecule has 1 aliphatic rings. The number of hydrazone groups is 1. The Morgan fingerprint density at radius 3 is 2.64 bits per heavy atom. The number of anilines is 2. The molecule has 2 rings (SSSR count). The Morgan fingerprint density at radius 2 is 2.05 bits per heavy atom. The van der Waals surface area contributed by atoms with Crippen LogP contribution in [0.2, 0.25) is 0 Å². The van der Waals surface area contributed by atoms with E-state index < -0.39 is 0 Å². The number of nitrogens with zero attached hydrogens (tertiary/aromatic N) is 3. The van der Waals surface area contributed by atoms with Crippen LogP contribution in [0.3, 0.4) is 0 Å². The highest BCUT2D eigenvalue weighted by Gasteiger charge is 2.28. The Hall–Kier alpha value is -2.65. The Morgan fingerprint density at radius 1 is 1.32 bits per heavy atom. The molecule has 1 aromatic carbocycles. The van der Waals surface area contributed by atoms with Gasteiger partial charge in [-0.05, 0) is 6.07 Å². The minimum atomic E-state index is -0.380. The summed E-state index contributed by atoms with van der Waals surface area (Å²) in [6, 6.07) is 3.06. The van der Waals surface area contributed by atoms with Crippen LogP contribution in [0.15, 0.2) is 22.2 Å². The second kappa shape index (κ2) is 6.41. The van der Waals surface area contributed by atoms with Gasteiger partial charge in [-0.25, -0.2) is 10.0 Å². The number of hydrogen-bond acceptors (Lipinski definition) is 8. The molecule has 0 spiro atoms. The second-order valence-electron chi connectivity index (χ2n) is 4.51. The molecule has 0 fully saturated rings. The average molecular weight is 306 g/mol. The van der Waals surface area contributed by atoms with Gasteiger partial charge < -0.3 is 26.4 Å². The fourth-order valence-corrected chi connectivity index (χ4v) is 1.98. The molecule has 0 aliphatic carbocycles. The normalized spacial score (nSPS) is 16.3. The van der Waals surface area contributed by atoms with E-state index in [-0.39, 0.29) is 37.0 Å². The van der Waals surface area contributed by atoms with Crippen LogP contribution in [-0.4, -0.2) is 59.3 Å². The van der Waals surface area contributed by atoms with Gasteiger partial charge in [0.05, 0.1) is 43.9 Å². The molecule has 22 heavy (non-hydrogen) atoms. The molecule has 1 heterocycles. The molecule has 0 saturated heterocycles. The molecule has 0 atom stereocenters. The topological polar surface area (TPSA) is 154 Å². The number of ether oxygens (including phenoxy) is 1. The van der Waals surface area contributed by atoms with Crippen LogP contribution in [0.5, 0.6) is 5.75 Å². The van der Waals surface area contributed by atoms with E-state index in [0.29, 0.717) is 22.8 Å². The van der Waals surface area contributed by atoms with Crippen molar-refractivity contribution in [2.24, 2.45) is 10.1 Å². The molecule has 7 N–H and O–H groups in total. The molecule has 0 unspecified atom stereocenters. The summed E-state index contributed by atoms with van der Waals surface area (Å²) in [6.45, 7) is -0.410. The second-order valence-corrected chi connectivity index (χ2v) is 4.51. The van der Waals surface area contributed by atoms with E-state index in [2.05, 4.69) is 10.1 Å². The zero-order valence-electron chi connectivity index (χ0n) is 12.1. The van der Waals surface area contributed by atoms with E-state index in [1.807, 2.05) is 0 Å². The molecule has 0 aromatic heterocycles. The van der Waals surface area contributed by atoms with Crippen LogP contribution in [0.1, 0.15) is 0 Å². The minimum Gasteiger partial charge on any atom is -0.495 e. The molecule has 1 aromatic rings. The Kier molecular flexibility index (Phi) is 4.59. The van der Waals surface area contributed by atoms with Gasteiger partial charge in [-0.1, -0.05) is 0 Å². The van der Waals surface area contributed by atoms with Crippen LogP contribution < -0.4 is 16.2 Å². The number of β-amino-alcohol motifs (C(OH)–C–C–N with tert-alkyl or cyclic N) is 1. The van der Waals surface area contributed by atoms with Crippen LogP contribution in [0, 0.1) is 5.41 Å². The third-order valence-electron chi connectivity index (χ3n) is 3.07. The predicted octanol–water partition coefficient (Wildman–Crippen LogP) is -0.434. The largest absolute Gasteiger partial charge is 0.495 e. The zero-order chi connectivity index (χ0) is 16.3. The highest BCUT2D eigenvalue weighted by atomic mass is 16.5. The third kappa shape index (κ3) is 2.85. The molecule has 0 radical (unpaired) electrons. The number of nitrogen functional groups attached to an aromatic ring is 2. The van der Waals surface area contributed by atoms with Crippen molar-refractivity contribution in [3.05, 3.63) is 12.1 Å². The number of nitrogens with two attached hydrogens (primary N) is 2. The van der Waals surface area contributed by atoms with Gasteiger partial charge >= 0.3 is 0 Å². The van der Waals surface area contributed by atoms with Crippen molar-refractivity contribution < 1.29 is 14.9 Å². The van der Waals surface area contributed by atoms with Gasteiger partial charge in [-0.3, -0.25) is 5.41 Å². The van der Waals surface area contributed by atoms with Crippen molar-refractivity contribution in [1.29, 1.82) is 5.41 Å². The molecule has 0 bridgehead atoms. The Balaban J connectivity index is 2.44. The SMILES string of the molecule is COc1cc(N=C2C(=N)N(CCO)N=C2CO)c(N)cc1N. The van der Waals surface area contributed by atoms with E-state index >= 15 is 0 Å². The van der Waals surface area contributed by atoms with E-state index in [9.17, 15) is 5.11 Å². The van der Waals surface area contributed by atoms with Crippen molar-refractivity contribution in [3.8, 4) is 5.75 Å². The lowest BCUT2D eigenvalue weighted by atomic mass is 10.2. The van der Waals surface area contributed by atoms with Crippen LogP contribution in [0.25, 0.3) is 0 Å². The first kappa shape index (κ1) is 15.7. The molecule has 0 amide bonds. The summed E-state index contributed by atoms with van der Waals surface area (Å²) in [5.74, 6) is 0.390. The average Bonchev–Trinajstić information content (AvgIpc) is 2.79. The van der Waals surface area contributed by atoms with E-state index in [0.717, 1.165) is 0 Å². The molecule has 9 nitrogen and oxygen atoms in total. The summed E-state index contributed by atoms with van der Waals surface area (Å²) in [5, 5.41) is 31.6. The minimum absolute atomic E-state index is 0.0201. The third-order valence-corrected chi connectivity index (χ3v) is 3.07. The lowest BCUT2D eigenvalue weighted by Gasteiger charge is -2.12. The van der Waals surface area contributed by atoms with E-state index in [1.165, 1.54) is 18.2 Å². The first-order valence-electron chi connectivity index (χ1n) is 6.49. The number of hydrogen-bond donors (Lipinski definition) is 5. The van der Waals surface area contributed by atoms with Crippen molar-refractivity contribution >= 4 is 34.3 Å². The van der Waals surface area contributed by atoms with Gasteiger partial charge in [-0.2, -0.15) is 5.10 Å².